The zero-order valence-electron chi connectivity index (χ0n) is 7.65. The summed E-state index contributed by atoms with van der Waals surface area (Å²) in [6.07, 6.45) is 0.597. The molecule has 0 unspecified atom stereocenters. The zero-order valence-corrected chi connectivity index (χ0v) is 8.40. The normalized spacial score (nSPS) is 10.4. The van der Waals surface area contributed by atoms with Crippen molar-refractivity contribution in [1.29, 1.82) is 0 Å². The summed E-state index contributed by atoms with van der Waals surface area (Å²) in [6, 6.07) is 0. The van der Waals surface area contributed by atoms with Gasteiger partial charge in [0.25, 0.3) is 0 Å². The van der Waals surface area contributed by atoms with E-state index in [0.717, 1.165) is 16.8 Å². The summed E-state index contributed by atoms with van der Waals surface area (Å²) in [5.41, 5.74) is 2.99. The Morgan fingerprint density at radius 1 is 1.54 bits per heavy atom. The van der Waals surface area contributed by atoms with Gasteiger partial charge in [-0.05, 0) is 31.4 Å². The molecule has 4 heteroatoms. The highest BCUT2D eigenvalue weighted by Gasteiger charge is 2.16. The van der Waals surface area contributed by atoms with Crippen molar-refractivity contribution in [3.8, 4) is 0 Å². The average molecular weight is 202 g/mol. The van der Waals surface area contributed by atoms with Crippen molar-refractivity contribution in [2.75, 3.05) is 5.88 Å². The van der Waals surface area contributed by atoms with Gasteiger partial charge in [-0.15, -0.1) is 11.6 Å². The van der Waals surface area contributed by atoms with Gasteiger partial charge in [0.2, 0.25) is 0 Å². The van der Waals surface area contributed by atoms with Gasteiger partial charge in [-0.2, -0.15) is 0 Å². The molecule has 1 heterocycles. The number of aromatic amines is 1. The van der Waals surface area contributed by atoms with Crippen LogP contribution in [0.25, 0.3) is 0 Å². The number of alkyl halides is 1. The van der Waals surface area contributed by atoms with Gasteiger partial charge < -0.3 is 10.1 Å². The smallest absolute Gasteiger partial charge is 0.352 e. The molecule has 1 aromatic rings. The Bertz CT molecular complexity index is 331. The summed E-state index contributed by atoms with van der Waals surface area (Å²) < 4.78 is 0. The van der Waals surface area contributed by atoms with E-state index in [1.54, 1.807) is 0 Å². The summed E-state index contributed by atoms with van der Waals surface area (Å²) in [4.78, 5) is 13.6. The van der Waals surface area contributed by atoms with Crippen molar-refractivity contribution < 1.29 is 9.90 Å². The van der Waals surface area contributed by atoms with Crippen molar-refractivity contribution in [2.45, 2.75) is 20.3 Å². The second-order valence-corrected chi connectivity index (χ2v) is 3.35. The predicted molar refractivity (Wildman–Crippen MR) is 51.7 cm³/mol. The molecule has 0 aromatic carbocycles. The molecule has 0 atom stereocenters. The fourth-order valence-corrected chi connectivity index (χ4v) is 1.55. The van der Waals surface area contributed by atoms with Gasteiger partial charge in [-0.3, -0.25) is 0 Å². The van der Waals surface area contributed by atoms with Gasteiger partial charge in [0, 0.05) is 11.6 Å². The fraction of sp³-hybridized carbons (Fsp3) is 0.444. The topological polar surface area (TPSA) is 53.1 Å². The van der Waals surface area contributed by atoms with Gasteiger partial charge in [-0.25, -0.2) is 4.79 Å². The highest BCUT2D eigenvalue weighted by atomic mass is 35.5. The first-order chi connectivity index (χ1) is 6.07. The van der Waals surface area contributed by atoms with E-state index in [9.17, 15) is 4.79 Å². The third-order valence-corrected chi connectivity index (χ3v) is 2.38. The van der Waals surface area contributed by atoms with E-state index in [0.29, 0.717) is 12.3 Å². The molecule has 1 rings (SSSR count). The quantitative estimate of drug-likeness (QED) is 0.736. The van der Waals surface area contributed by atoms with Crippen molar-refractivity contribution in [3.05, 3.63) is 22.5 Å². The number of carboxylic acids is 1. The molecule has 0 saturated carbocycles. The number of H-pyrrole nitrogens is 1. The lowest BCUT2D eigenvalue weighted by molar-refractivity contribution is 0.0690. The summed E-state index contributed by atoms with van der Waals surface area (Å²) in [5.74, 6) is -0.477. The molecular formula is C9H12ClNO2. The number of carboxylic acid groups (broad SMARTS) is 1. The molecule has 0 saturated heterocycles. The van der Waals surface area contributed by atoms with E-state index in [1.807, 2.05) is 13.8 Å². The van der Waals surface area contributed by atoms with Crippen LogP contribution in [0.3, 0.4) is 0 Å². The number of rotatable bonds is 3. The minimum absolute atomic E-state index is 0.274. The van der Waals surface area contributed by atoms with Crippen LogP contribution in [0.2, 0.25) is 0 Å². The third kappa shape index (κ3) is 1.86. The number of aromatic carboxylic acids is 1. The second-order valence-electron chi connectivity index (χ2n) is 2.97. The molecule has 72 valence electrons. The van der Waals surface area contributed by atoms with Crippen LogP contribution in [0.5, 0.6) is 0 Å². The first-order valence-electron chi connectivity index (χ1n) is 4.05. The highest BCUT2D eigenvalue weighted by Crippen LogP contribution is 2.18. The Morgan fingerprint density at radius 2 is 2.15 bits per heavy atom. The van der Waals surface area contributed by atoms with E-state index in [4.69, 9.17) is 16.7 Å². The van der Waals surface area contributed by atoms with Crippen LogP contribution in [-0.4, -0.2) is 21.9 Å². The van der Waals surface area contributed by atoms with E-state index in [-0.39, 0.29) is 5.69 Å². The van der Waals surface area contributed by atoms with Crippen LogP contribution in [0.1, 0.15) is 27.3 Å². The van der Waals surface area contributed by atoms with Gasteiger partial charge in [0.15, 0.2) is 0 Å². The van der Waals surface area contributed by atoms with Gasteiger partial charge in [0.05, 0.1) is 0 Å². The second kappa shape index (κ2) is 3.83. The molecular weight excluding hydrogens is 190 g/mol. The Kier molecular flexibility index (Phi) is 2.98. The van der Waals surface area contributed by atoms with Crippen LogP contribution in [-0.2, 0) is 6.42 Å². The lowest BCUT2D eigenvalue weighted by Gasteiger charge is -1.98. The SMILES string of the molecule is Cc1[nH]c(C(=O)O)c(CCCl)c1C. The van der Waals surface area contributed by atoms with Crippen molar-refractivity contribution in [1.82, 2.24) is 4.98 Å². The molecule has 0 radical (unpaired) electrons. The molecule has 0 aliphatic carbocycles. The monoisotopic (exact) mass is 201 g/mol. The average Bonchev–Trinajstić information content (AvgIpc) is 2.33. The van der Waals surface area contributed by atoms with Gasteiger partial charge >= 0.3 is 5.97 Å². The van der Waals surface area contributed by atoms with Gasteiger partial charge in [0.1, 0.15) is 5.69 Å². The largest absolute Gasteiger partial charge is 0.477 e. The molecule has 0 spiro atoms. The molecule has 0 aliphatic rings. The number of carbonyl (C=O) groups is 1. The first-order valence-corrected chi connectivity index (χ1v) is 4.58. The fourth-order valence-electron chi connectivity index (χ4n) is 1.36. The minimum Gasteiger partial charge on any atom is -0.477 e. The van der Waals surface area contributed by atoms with Crippen molar-refractivity contribution in [3.63, 3.8) is 0 Å². The molecule has 2 N–H and O–H groups in total. The number of halogens is 1. The molecule has 13 heavy (non-hydrogen) atoms. The Labute approximate surface area is 81.7 Å². The van der Waals surface area contributed by atoms with Gasteiger partial charge in [-0.1, -0.05) is 0 Å². The lowest BCUT2D eigenvalue weighted by Crippen LogP contribution is -2.02. The van der Waals surface area contributed by atoms with Crippen molar-refractivity contribution >= 4 is 17.6 Å². The Hall–Kier alpha value is -0.960. The molecule has 0 amide bonds. The zero-order chi connectivity index (χ0) is 10.0. The Balaban J connectivity index is 3.18. The van der Waals surface area contributed by atoms with E-state index < -0.39 is 5.97 Å². The molecule has 0 bridgehead atoms. The number of hydrogen-bond acceptors (Lipinski definition) is 1. The predicted octanol–water partition coefficient (Wildman–Crippen LogP) is 2.11. The summed E-state index contributed by atoms with van der Waals surface area (Å²) in [5, 5.41) is 8.86. The number of hydrogen-bond donors (Lipinski definition) is 2. The van der Waals surface area contributed by atoms with E-state index >= 15 is 0 Å². The van der Waals surface area contributed by atoms with E-state index in [1.165, 1.54) is 0 Å². The number of nitrogens with one attached hydrogen (secondary N) is 1. The molecule has 1 aromatic heterocycles. The third-order valence-electron chi connectivity index (χ3n) is 2.19. The summed E-state index contributed by atoms with van der Waals surface area (Å²) in [7, 11) is 0. The Morgan fingerprint density at radius 3 is 2.62 bits per heavy atom. The highest BCUT2D eigenvalue weighted by molar-refractivity contribution is 6.18. The van der Waals surface area contributed by atoms with Crippen LogP contribution in [0, 0.1) is 13.8 Å². The van der Waals surface area contributed by atoms with Crippen LogP contribution < -0.4 is 0 Å². The van der Waals surface area contributed by atoms with Crippen LogP contribution in [0.15, 0.2) is 0 Å². The number of aryl methyl sites for hydroxylation is 1. The molecule has 3 nitrogen and oxygen atoms in total. The maximum absolute atomic E-state index is 10.8. The summed E-state index contributed by atoms with van der Waals surface area (Å²) >= 11 is 5.59. The molecule has 0 aliphatic heterocycles. The molecule has 0 fully saturated rings. The van der Waals surface area contributed by atoms with Crippen LogP contribution in [0.4, 0.5) is 0 Å². The summed E-state index contributed by atoms with van der Waals surface area (Å²) in [6.45, 7) is 3.76. The lowest BCUT2D eigenvalue weighted by atomic mass is 10.1. The maximum atomic E-state index is 10.8. The van der Waals surface area contributed by atoms with E-state index in [2.05, 4.69) is 4.98 Å². The first kappa shape index (κ1) is 10.1. The number of aromatic nitrogens is 1. The maximum Gasteiger partial charge on any atom is 0.352 e. The minimum atomic E-state index is -0.920. The van der Waals surface area contributed by atoms with Crippen LogP contribution >= 0.6 is 11.6 Å². The van der Waals surface area contributed by atoms with Crippen molar-refractivity contribution in [2.24, 2.45) is 0 Å². The standard InChI is InChI=1S/C9H12ClNO2/c1-5-6(2)11-8(9(12)13)7(5)3-4-10/h11H,3-4H2,1-2H3,(H,12,13).